The molecule has 1 aliphatic heterocycles. The van der Waals surface area contributed by atoms with E-state index in [1.807, 2.05) is 38.1 Å². The summed E-state index contributed by atoms with van der Waals surface area (Å²) in [4.78, 5) is 28.9. The molecule has 0 bridgehead atoms. The summed E-state index contributed by atoms with van der Waals surface area (Å²) < 4.78 is 10.8. The highest BCUT2D eigenvalue weighted by molar-refractivity contribution is 8.15. The third-order valence-electron chi connectivity index (χ3n) is 3.97. The Bertz CT molecular complexity index is 882. The molecule has 7 nitrogen and oxygen atoms in total. The average Bonchev–Trinajstić information content (AvgIpc) is 3.04. The van der Waals surface area contributed by atoms with Crippen molar-refractivity contribution in [3.05, 3.63) is 48.5 Å². The van der Waals surface area contributed by atoms with Gasteiger partial charge in [-0.05, 0) is 62.4 Å². The first kappa shape index (κ1) is 20.7. The number of nitrogens with zero attached hydrogens (tertiary/aromatic N) is 1. The van der Waals surface area contributed by atoms with Crippen LogP contribution in [0.4, 0.5) is 11.4 Å². The predicted molar refractivity (Wildman–Crippen MR) is 115 cm³/mol. The van der Waals surface area contributed by atoms with Crippen LogP contribution in [0.25, 0.3) is 0 Å². The summed E-state index contributed by atoms with van der Waals surface area (Å²) in [5, 5.41) is 5.50. The van der Waals surface area contributed by atoms with Gasteiger partial charge < -0.3 is 20.1 Å². The monoisotopic (exact) mass is 413 g/mol. The minimum absolute atomic E-state index is 0.0615. The minimum atomic E-state index is -0.515. The van der Waals surface area contributed by atoms with Crippen LogP contribution in [-0.2, 0) is 9.59 Å². The van der Waals surface area contributed by atoms with E-state index in [0.29, 0.717) is 29.8 Å². The molecule has 0 radical (unpaired) electrons. The van der Waals surface area contributed by atoms with Crippen LogP contribution in [0.5, 0.6) is 11.5 Å². The lowest BCUT2D eigenvalue weighted by Gasteiger charge is -2.08. The molecule has 3 rings (SSSR count). The van der Waals surface area contributed by atoms with Crippen LogP contribution < -0.4 is 20.1 Å². The highest BCUT2D eigenvalue weighted by Crippen LogP contribution is 2.26. The van der Waals surface area contributed by atoms with Crippen molar-refractivity contribution in [1.82, 2.24) is 5.32 Å². The second kappa shape index (κ2) is 9.97. The van der Waals surface area contributed by atoms with Gasteiger partial charge in [0.2, 0.25) is 11.8 Å². The molecule has 1 saturated heterocycles. The molecule has 29 heavy (non-hydrogen) atoms. The average molecular weight is 413 g/mol. The molecule has 1 atom stereocenters. The summed E-state index contributed by atoms with van der Waals surface area (Å²) in [6.07, 6.45) is 0.0615. The van der Waals surface area contributed by atoms with Crippen molar-refractivity contribution in [3.8, 4) is 11.5 Å². The molecule has 0 saturated carbocycles. The molecule has 2 aromatic carbocycles. The Morgan fingerprint density at radius 3 is 2.21 bits per heavy atom. The van der Waals surface area contributed by atoms with Gasteiger partial charge >= 0.3 is 0 Å². The summed E-state index contributed by atoms with van der Waals surface area (Å²) in [5.41, 5.74) is 1.36. The second-order valence-corrected chi connectivity index (χ2v) is 7.34. The fourth-order valence-corrected chi connectivity index (χ4v) is 3.66. The Labute approximate surface area is 173 Å². The van der Waals surface area contributed by atoms with Gasteiger partial charge in [-0.25, -0.2) is 4.99 Å². The second-order valence-electron chi connectivity index (χ2n) is 6.15. The number of nitrogens with one attached hydrogen (secondary N) is 2. The van der Waals surface area contributed by atoms with Gasteiger partial charge in [-0.2, -0.15) is 0 Å². The zero-order chi connectivity index (χ0) is 20.6. The summed E-state index contributed by atoms with van der Waals surface area (Å²) in [6.45, 7) is 5.01. The first-order chi connectivity index (χ1) is 14.1. The number of hydrogen-bond donors (Lipinski definition) is 2. The van der Waals surface area contributed by atoms with Gasteiger partial charge in [0, 0.05) is 12.1 Å². The molecule has 0 aliphatic carbocycles. The number of ether oxygens (including phenoxy) is 2. The highest BCUT2D eigenvalue weighted by Gasteiger charge is 2.32. The number of carbonyl (C=O) groups excluding carboxylic acids is 2. The Hall–Kier alpha value is -3.00. The Morgan fingerprint density at radius 2 is 1.62 bits per heavy atom. The van der Waals surface area contributed by atoms with Gasteiger partial charge in [-0.3, -0.25) is 9.59 Å². The molecule has 8 heteroatoms. The molecule has 1 aliphatic rings. The summed E-state index contributed by atoms with van der Waals surface area (Å²) in [6, 6.07) is 14.4. The van der Waals surface area contributed by atoms with E-state index in [-0.39, 0.29) is 18.2 Å². The molecule has 0 spiro atoms. The molecule has 2 aromatic rings. The molecule has 2 amide bonds. The van der Waals surface area contributed by atoms with Gasteiger partial charge in [0.1, 0.15) is 16.7 Å². The van der Waals surface area contributed by atoms with Crippen LogP contribution in [0.3, 0.4) is 0 Å². The van der Waals surface area contributed by atoms with E-state index in [9.17, 15) is 9.59 Å². The van der Waals surface area contributed by atoms with Crippen LogP contribution in [0, 0.1) is 0 Å². The summed E-state index contributed by atoms with van der Waals surface area (Å²) in [5.74, 6) is 1.06. The predicted octanol–water partition coefficient (Wildman–Crippen LogP) is 3.73. The smallest absolute Gasteiger partial charge is 0.240 e. The number of rotatable bonds is 8. The maximum Gasteiger partial charge on any atom is 0.240 e. The number of aliphatic imine (C=N–C) groups is 1. The number of anilines is 1. The van der Waals surface area contributed by atoms with E-state index in [1.165, 1.54) is 11.8 Å². The van der Waals surface area contributed by atoms with Crippen LogP contribution in [0.15, 0.2) is 53.5 Å². The largest absolute Gasteiger partial charge is 0.494 e. The molecule has 1 heterocycles. The molecule has 1 fully saturated rings. The molecule has 0 aromatic heterocycles. The Morgan fingerprint density at radius 1 is 1.03 bits per heavy atom. The van der Waals surface area contributed by atoms with Gasteiger partial charge in [-0.15, -0.1) is 0 Å². The third-order valence-corrected chi connectivity index (χ3v) is 5.06. The standard InChI is InChI=1S/C21H23N3O4S/c1-3-27-16-9-5-14(6-10-16)22-19(25)13-18-20(26)24-21(29-18)23-15-7-11-17(12-8-15)28-4-2/h5-12,18H,3-4,13H2,1-2H3,(H,22,25)(H,23,24,26)/t18-/m0/s1. The van der Waals surface area contributed by atoms with E-state index in [2.05, 4.69) is 15.6 Å². The lowest BCUT2D eigenvalue weighted by molar-refractivity contribution is -0.122. The summed E-state index contributed by atoms with van der Waals surface area (Å²) >= 11 is 1.25. The Balaban J connectivity index is 1.55. The lowest BCUT2D eigenvalue weighted by atomic mass is 10.2. The van der Waals surface area contributed by atoms with Crippen molar-refractivity contribution >= 4 is 40.1 Å². The molecular weight excluding hydrogens is 390 g/mol. The number of hydrogen-bond acceptors (Lipinski definition) is 6. The van der Waals surface area contributed by atoms with Crippen LogP contribution in [-0.4, -0.2) is 35.4 Å². The molecule has 2 N–H and O–H groups in total. The lowest BCUT2D eigenvalue weighted by Crippen LogP contribution is -2.28. The van der Waals surface area contributed by atoms with Gasteiger partial charge in [0.25, 0.3) is 0 Å². The fourth-order valence-electron chi connectivity index (χ4n) is 2.67. The maximum absolute atomic E-state index is 12.3. The molecule has 0 unspecified atom stereocenters. The Kier molecular flexibility index (Phi) is 7.13. The van der Waals surface area contributed by atoms with Crippen LogP contribution in [0.2, 0.25) is 0 Å². The van der Waals surface area contributed by atoms with Crippen molar-refractivity contribution in [3.63, 3.8) is 0 Å². The van der Waals surface area contributed by atoms with E-state index in [4.69, 9.17) is 9.47 Å². The molecule has 152 valence electrons. The zero-order valence-corrected chi connectivity index (χ0v) is 17.1. The number of carbonyl (C=O) groups is 2. The fraction of sp³-hybridized carbons (Fsp3) is 0.286. The summed E-state index contributed by atoms with van der Waals surface area (Å²) in [7, 11) is 0. The van der Waals surface area contributed by atoms with Crippen LogP contribution in [0.1, 0.15) is 20.3 Å². The molecular formula is C21H23N3O4S. The van der Waals surface area contributed by atoms with Gasteiger partial charge in [0.15, 0.2) is 5.17 Å². The third kappa shape index (κ3) is 5.99. The SMILES string of the molecule is CCOc1ccc(N=C2NC(=O)[C@H](CC(=O)Nc3ccc(OCC)cc3)S2)cc1. The highest BCUT2D eigenvalue weighted by atomic mass is 32.2. The first-order valence-electron chi connectivity index (χ1n) is 9.39. The van der Waals surface area contributed by atoms with Crippen LogP contribution >= 0.6 is 11.8 Å². The van der Waals surface area contributed by atoms with Crippen molar-refractivity contribution < 1.29 is 19.1 Å². The first-order valence-corrected chi connectivity index (χ1v) is 10.3. The van der Waals surface area contributed by atoms with E-state index >= 15 is 0 Å². The zero-order valence-electron chi connectivity index (χ0n) is 16.3. The quantitative estimate of drug-likeness (QED) is 0.688. The number of thioether (sulfide) groups is 1. The maximum atomic E-state index is 12.3. The van der Waals surface area contributed by atoms with Crippen molar-refractivity contribution in [2.45, 2.75) is 25.5 Å². The topological polar surface area (TPSA) is 89.0 Å². The number of amidine groups is 1. The van der Waals surface area contributed by atoms with Crippen molar-refractivity contribution in [1.29, 1.82) is 0 Å². The number of amides is 2. The van der Waals surface area contributed by atoms with Gasteiger partial charge in [-0.1, -0.05) is 11.8 Å². The normalized spacial score (nSPS) is 17.1. The minimum Gasteiger partial charge on any atom is -0.494 e. The number of benzene rings is 2. The van der Waals surface area contributed by atoms with E-state index < -0.39 is 5.25 Å². The van der Waals surface area contributed by atoms with E-state index in [1.54, 1.807) is 24.3 Å². The van der Waals surface area contributed by atoms with Gasteiger partial charge in [0.05, 0.1) is 18.9 Å². The van der Waals surface area contributed by atoms with Crippen molar-refractivity contribution in [2.24, 2.45) is 4.99 Å². The van der Waals surface area contributed by atoms with Crippen molar-refractivity contribution in [2.75, 3.05) is 18.5 Å². The van der Waals surface area contributed by atoms with E-state index in [0.717, 1.165) is 11.5 Å².